The van der Waals surface area contributed by atoms with Crippen LogP contribution in [0.15, 0.2) is 18.6 Å². The molecular weight excluding hydrogens is 276 g/mol. The number of carbonyl (C=O) groups is 2. The highest BCUT2D eigenvalue weighted by Gasteiger charge is 2.31. The maximum Gasteiger partial charge on any atom is 0.217 e. The lowest BCUT2D eigenvalue weighted by Gasteiger charge is -2.07. The van der Waals surface area contributed by atoms with Gasteiger partial charge in [0.05, 0.1) is 10.9 Å². The first-order chi connectivity index (χ1) is 9.63. The molecule has 3 rings (SSSR count). The summed E-state index contributed by atoms with van der Waals surface area (Å²) in [6, 6.07) is 1.59. The van der Waals surface area contributed by atoms with Crippen LogP contribution in [0.25, 0.3) is 10.2 Å². The molecular formula is C13H14N4O2S. The van der Waals surface area contributed by atoms with Gasteiger partial charge in [-0.05, 0) is 24.9 Å². The molecule has 1 saturated heterocycles. The van der Waals surface area contributed by atoms with Gasteiger partial charge in [-0.25, -0.2) is 9.97 Å². The molecule has 0 saturated carbocycles. The lowest BCUT2D eigenvalue weighted by molar-refractivity contribution is -0.118. The molecule has 20 heavy (non-hydrogen) atoms. The number of hydrogen-bond acceptors (Lipinski definition) is 6. The van der Waals surface area contributed by atoms with Gasteiger partial charge in [-0.1, -0.05) is 0 Å². The van der Waals surface area contributed by atoms with Crippen molar-refractivity contribution in [2.24, 2.45) is 11.7 Å². The number of nitrogens with one attached hydrogen (secondary N) is 1. The molecule has 0 radical (unpaired) electrons. The standard InChI is InChI=1S/C13H14N4O2S/c14-11(18)2-7-1-9(16-4-7)12(19)10-3-8-5-15-6-17-13(8)20-10/h3,5-7,9,16H,1-2,4H2,(H2,14,18). The van der Waals surface area contributed by atoms with E-state index in [1.807, 2.05) is 6.07 Å². The summed E-state index contributed by atoms with van der Waals surface area (Å²) in [7, 11) is 0. The second-order valence-corrected chi connectivity index (χ2v) is 6.02. The monoisotopic (exact) mass is 290 g/mol. The molecule has 0 bridgehead atoms. The van der Waals surface area contributed by atoms with Crippen LogP contribution in [0.1, 0.15) is 22.5 Å². The average molecular weight is 290 g/mol. The van der Waals surface area contributed by atoms with Crippen molar-refractivity contribution < 1.29 is 9.59 Å². The van der Waals surface area contributed by atoms with Crippen molar-refractivity contribution in [1.29, 1.82) is 0 Å². The highest BCUT2D eigenvalue weighted by Crippen LogP contribution is 2.27. The van der Waals surface area contributed by atoms with Crippen molar-refractivity contribution in [3.8, 4) is 0 Å². The van der Waals surface area contributed by atoms with Crippen molar-refractivity contribution in [2.45, 2.75) is 18.9 Å². The molecule has 2 atom stereocenters. The van der Waals surface area contributed by atoms with Gasteiger partial charge in [0.1, 0.15) is 11.2 Å². The zero-order valence-electron chi connectivity index (χ0n) is 10.7. The minimum absolute atomic E-state index is 0.0555. The van der Waals surface area contributed by atoms with Gasteiger partial charge in [-0.15, -0.1) is 11.3 Å². The molecule has 7 heteroatoms. The predicted octanol–water partition coefficient (Wildman–Crippen LogP) is 0.727. The number of primary amides is 1. The minimum atomic E-state index is -0.318. The molecule has 1 aliphatic heterocycles. The summed E-state index contributed by atoms with van der Waals surface area (Å²) < 4.78 is 0. The first-order valence-electron chi connectivity index (χ1n) is 6.39. The summed E-state index contributed by atoms with van der Waals surface area (Å²) in [6.07, 6.45) is 4.16. The van der Waals surface area contributed by atoms with Crippen LogP contribution in [0.5, 0.6) is 0 Å². The summed E-state index contributed by atoms with van der Waals surface area (Å²) in [4.78, 5) is 32.9. The maximum atomic E-state index is 12.4. The van der Waals surface area contributed by atoms with Crippen LogP contribution in [0.2, 0.25) is 0 Å². The van der Waals surface area contributed by atoms with Gasteiger partial charge in [-0.2, -0.15) is 0 Å². The SMILES string of the molecule is NC(=O)CC1CNC(C(=O)c2cc3cncnc3s2)C1. The smallest absolute Gasteiger partial charge is 0.217 e. The van der Waals surface area contributed by atoms with Crippen molar-refractivity contribution in [2.75, 3.05) is 6.54 Å². The Morgan fingerprint density at radius 3 is 3.10 bits per heavy atom. The van der Waals surface area contributed by atoms with Crippen molar-refractivity contribution in [3.63, 3.8) is 0 Å². The molecule has 0 aromatic carbocycles. The second kappa shape index (κ2) is 5.26. The molecule has 0 spiro atoms. The highest BCUT2D eigenvalue weighted by atomic mass is 32.1. The Kier molecular flexibility index (Phi) is 3.45. The Bertz CT molecular complexity index is 636. The molecule has 1 aliphatic rings. The predicted molar refractivity (Wildman–Crippen MR) is 75.5 cm³/mol. The molecule has 2 unspecified atom stereocenters. The van der Waals surface area contributed by atoms with Crippen LogP contribution in [0.3, 0.4) is 0 Å². The lowest BCUT2D eigenvalue weighted by Crippen LogP contribution is -2.30. The normalized spacial score (nSPS) is 22.2. The number of nitrogens with two attached hydrogens (primary N) is 1. The third kappa shape index (κ3) is 2.54. The first-order valence-corrected chi connectivity index (χ1v) is 7.20. The number of aromatic nitrogens is 2. The van der Waals surface area contributed by atoms with E-state index in [1.165, 1.54) is 17.7 Å². The van der Waals surface area contributed by atoms with Gasteiger partial charge < -0.3 is 11.1 Å². The zero-order valence-corrected chi connectivity index (χ0v) is 11.5. The van der Waals surface area contributed by atoms with Gasteiger partial charge >= 0.3 is 0 Å². The van der Waals surface area contributed by atoms with E-state index in [2.05, 4.69) is 15.3 Å². The van der Waals surface area contributed by atoms with Gasteiger partial charge in [0, 0.05) is 18.0 Å². The number of thiophene rings is 1. The number of Topliss-reactive ketones (excluding diaryl/α,β-unsaturated/α-hetero) is 1. The molecule has 2 aromatic rings. The number of carbonyl (C=O) groups excluding carboxylic acids is 2. The lowest BCUT2D eigenvalue weighted by atomic mass is 9.99. The molecule has 2 aromatic heterocycles. The number of nitrogens with zero attached hydrogens (tertiary/aromatic N) is 2. The van der Waals surface area contributed by atoms with E-state index in [4.69, 9.17) is 5.73 Å². The van der Waals surface area contributed by atoms with E-state index in [-0.39, 0.29) is 23.7 Å². The fraction of sp³-hybridized carbons (Fsp3) is 0.385. The number of fused-ring (bicyclic) bond motifs is 1. The van der Waals surface area contributed by atoms with Crippen LogP contribution in [-0.2, 0) is 4.79 Å². The molecule has 0 aliphatic carbocycles. The second-order valence-electron chi connectivity index (χ2n) is 4.99. The van der Waals surface area contributed by atoms with Crippen LogP contribution >= 0.6 is 11.3 Å². The summed E-state index contributed by atoms with van der Waals surface area (Å²) in [6.45, 7) is 0.657. The first kappa shape index (κ1) is 13.1. The number of hydrogen-bond donors (Lipinski definition) is 2. The summed E-state index contributed by atoms with van der Waals surface area (Å²) in [5.41, 5.74) is 5.19. The largest absolute Gasteiger partial charge is 0.370 e. The van der Waals surface area contributed by atoms with Crippen LogP contribution in [0.4, 0.5) is 0 Å². The quantitative estimate of drug-likeness (QED) is 0.809. The van der Waals surface area contributed by atoms with E-state index in [0.717, 1.165) is 10.2 Å². The van der Waals surface area contributed by atoms with E-state index < -0.39 is 0 Å². The molecule has 3 N–H and O–H groups in total. The molecule has 6 nitrogen and oxygen atoms in total. The summed E-state index contributed by atoms with van der Waals surface area (Å²) >= 11 is 1.38. The van der Waals surface area contributed by atoms with Gasteiger partial charge in [0.2, 0.25) is 5.91 Å². The van der Waals surface area contributed by atoms with Crippen LogP contribution in [-0.4, -0.2) is 34.2 Å². The van der Waals surface area contributed by atoms with Crippen molar-refractivity contribution >= 4 is 33.2 Å². The van der Waals surface area contributed by atoms with E-state index >= 15 is 0 Å². The fourth-order valence-electron chi connectivity index (χ4n) is 2.53. The summed E-state index contributed by atoms with van der Waals surface area (Å²) in [5, 5.41) is 4.05. The Hall–Kier alpha value is -1.86. The summed E-state index contributed by atoms with van der Waals surface area (Å²) in [5.74, 6) is -0.113. The number of ketones is 1. The Morgan fingerprint density at radius 2 is 2.35 bits per heavy atom. The molecule has 1 amide bonds. The van der Waals surface area contributed by atoms with Gasteiger partial charge in [0.15, 0.2) is 5.78 Å². The van der Waals surface area contributed by atoms with E-state index in [1.54, 1.807) is 6.20 Å². The van der Waals surface area contributed by atoms with Crippen LogP contribution in [0, 0.1) is 5.92 Å². The zero-order chi connectivity index (χ0) is 14.1. The minimum Gasteiger partial charge on any atom is -0.370 e. The topological polar surface area (TPSA) is 98.0 Å². The van der Waals surface area contributed by atoms with Gasteiger partial charge in [0.25, 0.3) is 0 Å². The third-order valence-electron chi connectivity index (χ3n) is 3.47. The average Bonchev–Trinajstić information content (AvgIpc) is 3.03. The van der Waals surface area contributed by atoms with Crippen LogP contribution < -0.4 is 11.1 Å². The van der Waals surface area contributed by atoms with Crippen molar-refractivity contribution in [1.82, 2.24) is 15.3 Å². The maximum absolute atomic E-state index is 12.4. The number of rotatable bonds is 4. The third-order valence-corrected chi connectivity index (χ3v) is 4.54. The molecule has 104 valence electrons. The van der Waals surface area contributed by atoms with Crippen molar-refractivity contribution in [3.05, 3.63) is 23.5 Å². The fourth-order valence-corrected chi connectivity index (χ4v) is 3.50. The van der Waals surface area contributed by atoms with Gasteiger partial charge in [-0.3, -0.25) is 9.59 Å². The molecule has 3 heterocycles. The number of amides is 1. The van der Waals surface area contributed by atoms with E-state index in [9.17, 15) is 9.59 Å². The molecule has 1 fully saturated rings. The Labute approximate surface area is 119 Å². The Balaban J connectivity index is 1.74. The highest BCUT2D eigenvalue weighted by molar-refractivity contribution is 7.20. The van der Waals surface area contributed by atoms with E-state index in [0.29, 0.717) is 24.3 Å². The Morgan fingerprint density at radius 1 is 1.50 bits per heavy atom.